The molecule has 0 atom stereocenters. The van der Waals surface area contributed by atoms with Crippen LogP contribution in [0.1, 0.15) is 16.7 Å². The van der Waals surface area contributed by atoms with Gasteiger partial charge in [0.25, 0.3) is 0 Å². The predicted octanol–water partition coefficient (Wildman–Crippen LogP) is 4.20. The van der Waals surface area contributed by atoms with Crippen molar-refractivity contribution in [2.24, 2.45) is 0 Å². The Kier molecular flexibility index (Phi) is 6.02. The molecule has 0 saturated heterocycles. The lowest BCUT2D eigenvalue weighted by atomic mass is 10.1. The third-order valence-corrected chi connectivity index (χ3v) is 5.93. The van der Waals surface area contributed by atoms with E-state index in [1.54, 1.807) is 12.1 Å². The summed E-state index contributed by atoms with van der Waals surface area (Å²) in [7, 11) is -3.54. The molecule has 0 radical (unpaired) electrons. The smallest absolute Gasteiger partial charge is 0.240 e. The van der Waals surface area contributed by atoms with Gasteiger partial charge in [-0.25, -0.2) is 13.1 Å². The Morgan fingerprint density at radius 1 is 0.893 bits per heavy atom. The van der Waals surface area contributed by atoms with Crippen LogP contribution in [0.25, 0.3) is 0 Å². The van der Waals surface area contributed by atoms with E-state index in [-0.39, 0.29) is 4.90 Å². The lowest BCUT2D eigenvalue weighted by Crippen LogP contribution is -2.25. The summed E-state index contributed by atoms with van der Waals surface area (Å²) in [6, 6.07) is 19.9. The lowest BCUT2D eigenvalue weighted by Gasteiger charge is -2.12. The van der Waals surface area contributed by atoms with E-state index in [0.717, 1.165) is 28.2 Å². The molecule has 0 aliphatic rings. The maximum absolute atomic E-state index is 12.3. The molecule has 0 fully saturated rings. The minimum Gasteiger partial charge on any atom is -0.457 e. The van der Waals surface area contributed by atoms with Crippen LogP contribution in [-0.2, 0) is 16.4 Å². The fourth-order valence-corrected chi connectivity index (χ4v) is 3.89. The number of ether oxygens (including phenoxy) is 1. The standard InChI is InChI=1S/C22H24N2O3S/c1-16-4-3-5-17(2)22(16)27-20-10-6-18(7-11-20)14-15-24-28(25,26)21-12-8-19(23)9-13-21/h3-13,24H,14-15,23H2,1-2H3. The van der Waals surface area contributed by atoms with Crippen LogP contribution in [0.3, 0.4) is 0 Å². The summed E-state index contributed by atoms with van der Waals surface area (Å²) in [6.45, 7) is 4.34. The molecular weight excluding hydrogens is 372 g/mol. The summed E-state index contributed by atoms with van der Waals surface area (Å²) in [5.74, 6) is 1.62. The summed E-state index contributed by atoms with van der Waals surface area (Å²) < 4.78 is 33.2. The van der Waals surface area contributed by atoms with E-state index in [0.29, 0.717) is 18.7 Å². The molecule has 0 spiro atoms. The second kappa shape index (κ2) is 8.46. The van der Waals surface area contributed by atoms with Crippen LogP contribution in [-0.4, -0.2) is 15.0 Å². The van der Waals surface area contributed by atoms with Gasteiger partial charge in [0.2, 0.25) is 10.0 Å². The molecule has 0 unspecified atom stereocenters. The highest BCUT2D eigenvalue weighted by Crippen LogP contribution is 2.28. The minimum absolute atomic E-state index is 0.207. The van der Waals surface area contributed by atoms with E-state index in [2.05, 4.69) is 4.72 Å². The summed E-state index contributed by atoms with van der Waals surface area (Å²) in [5.41, 5.74) is 9.32. The number of hydrogen-bond acceptors (Lipinski definition) is 4. The molecule has 3 aromatic carbocycles. The molecule has 146 valence electrons. The van der Waals surface area contributed by atoms with Crippen molar-refractivity contribution in [2.75, 3.05) is 12.3 Å². The van der Waals surface area contributed by atoms with Gasteiger partial charge in [0.1, 0.15) is 11.5 Å². The van der Waals surface area contributed by atoms with Crippen LogP contribution in [0, 0.1) is 13.8 Å². The predicted molar refractivity (Wildman–Crippen MR) is 112 cm³/mol. The highest BCUT2D eigenvalue weighted by atomic mass is 32.2. The second-order valence-corrected chi connectivity index (χ2v) is 8.45. The topological polar surface area (TPSA) is 81.4 Å². The van der Waals surface area contributed by atoms with Crippen molar-refractivity contribution in [3.05, 3.63) is 83.4 Å². The molecule has 0 bridgehead atoms. The molecule has 3 aromatic rings. The first-order chi connectivity index (χ1) is 13.3. The number of benzene rings is 3. The fraction of sp³-hybridized carbons (Fsp3) is 0.182. The van der Waals surface area contributed by atoms with Crippen molar-refractivity contribution < 1.29 is 13.2 Å². The monoisotopic (exact) mass is 396 g/mol. The van der Waals surface area contributed by atoms with Crippen molar-refractivity contribution in [2.45, 2.75) is 25.2 Å². The SMILES string of the molecule is Cc1cccc(C)c1Oc1ccc(CCNS(=O)(=O)c2ccc(N)cc2)cc1. The van der Waals surface area contributed by atoms with Gasteiger partial charge in [-0.2, -0.15) is 0 Å². The first-order valence-electron chi connectivity index (χ1n) is 9.03. The number of nitrogen functional groups attached to an aromatic ring is 1. The first kappa shape index (κ1) is 19.9. The van der Waals surface area contributed by atoms with E-state index in [1.165, 1.54) is 12.1 Å². The highest BCUT2D eigenvalue weighted by molar-refractivity contribution is 7.89. The zero-order valence-electron chi connectivity index (χ0n) is 16.0. The van der Waals surface area contributed by atoms with Crippen molar-refractivity contribution in [1.29, 1.82) is 0 Å². The van der Waals surface area contributed by atoms with E-state index < -0.39 is 10.0 Å². The largest absolute Gasteiger partial charge is 0.457 e. The average Bonchev–Trinajstić information content (AvgIpc) is 2.66. The molecular formula is C22H24N2O3S. The highest BCUT2D eigenvalue weighted by Gasteiger charge is 2.13. The number of sulfonamides is 1. The van der Waals surface area contributed by atoms with Gasteiger partial charge in [0.15, 0.2) is 0 Å². The van der Waals surface area contributed by atoms with E-state index in [1.807, 2.05) is 56.3 Å². The molecule has 5 nitrogen and oxygen atoms in total. The third-order valence-electron chi connectivity index (χ3n) is 4.45. The van der Waals surface area contributed by atoms with Gasteiger partial charge in [-0.3, -0.25) is 0 Å². The van der Waals surface area contributed by atoms with Gasteiger partial charge in [0, 0.05) is 12.2 Å². The Labute approximate surface area is 166 Å². The van der Waals surface area contributed by atoms with Crippen LogP contribution >= 0.6 is 0 Å². The number of para-hydroxylation sites is 1. The number of hydrogen-bond donors (Lipinski definition) is 2. The molecule has 3 rings (SSSR count). The van der Waals surface area contributed by atoms with Crippen molar-refractivity contribution in [3.8, 4) is 11.5 Å². The molecule has 0 amide bonds. The van der Waals surface area contributed by atoms with Gasteiger partial charge in [-0.15, -0.1) is 0 Å². The molecule has 0 aliphatic heterocycles. The molecule has 0 aromatic heterocycles. The molecule has 0 heterocycles. The Hall–Kier alpha value is -2.83. The average molecular weight is 397 g/mol. The summed E-state index contributed by atoms with van der Waals surface area (Å²) in [4.78, 5) is 0.207. The van der Waals surface area contributed by atoms with Crippen LogP contribution in [0.2, 0.25) is 0 Å². The number of rotatable bonds is 7. The molecule has 6 heteroatoms. The van der Waals surface area contributed by atoms with Gasteiger partial charge in [-0.1, -0.05) is 30.3 Å². The Morgan fingerprint density at radius 2 is 1.50 bits per heavy atom. The third kappa shape index (κ3) is 4.91. The van der Waals surface area contributed by atoms with Crippen LogP contribution in [0.15, 0.2) is 71.6 Å². The van der Waals surface area contributed by atoms with Gasteiger partial charge >= 0.3 is 0 Å². The normalized spacial score (nSPS) is 11.4. The Balaban J connectivity index is 1.58. The number of aryl methyl sites for hydroxylation is 2. The van der Waals surface area contributed by atoms with Gasteiger partial charge < -0.3 is 10.5 Å². The van der Waals surface area contributed by atoms with E-state index in [9.17, 15) is 8.42 Å². The van der Waals surface area contributed by atoms with Crippen molar-refractivity contribution >= 4 is 15.7 Å². The van der Waals surface area contributed by atoms with Crippen molar-refractivity contribution in [1.82, 2.24) is 4.72 Å². The molecule has 3 N–H and O–H groups in total. The first-order valence-corrected chi connectivity index (χ1v) is 10.5. The summed E-state index contributed by atoms with van der Waals surface area (Å²) in [5, 5.41) is 0. The molecule has 28 heavy (non-hydrogen) atoms. The molecule has 0 aliphatic carbocycles. The second-order valence-electron chi connectivity index (χ2n) is 6.68. The number of nitrogens with two attached hydrogens (primary N) is 1. The quantitative estimate of drug-likeness (QED) is 0.587. The van der Waals surface area contributed by atoms with Crippen LogP contribution in [0.4, 0.5) is 5.69 Å². The maximum Gasteiger partial charge on any atom is 0.240 e. The minimum atomic E-state index is -3.54. The van der Waals surface area contributed by atoms with Crippen LogP contribution < -0.4 is 15.2 Å². The van der Waals surface area contributed by atoms with Gasteiger partial charge in [-0.05, 0) is 73.4 Å². The fourth-order valence-electron chi connectivity index (χ4n) is 2.86. The number of nitrogens with one attached hydrogen (secondary N) is 1. The van der Waals surface area contributed by atoms with E-state index >= 15 is 0 Å². The van der Waals surface area contributed by atoms with E-state index in [4.69, 9.17) is 10.5 Å². The zero-order valence-corrected chi connectivity index (χ0v) is 16.8. The van der Waals surface area contributed by atoms with Crippen LogP contribution in [0.5, 0.6) is 11.5 Å². The Bertz CT molecular complexity index is 1020. The van der Waals surface area contributed by atoms with Gasteiger partial charge in [0.05, 0.1) is 4.90 Å². The summed E-state index contributed by atoms with van der Waals surface area (Å²) >= 11 is 0. The maximum atomic E-state index is 12.3. The summed E-state index contributed by atoms with van der Waals surface area (Å²) in [6.07, 6.45) is 0.581. The lowest BCUT2D eigenvalue weighted by molar-refractivity contribution is 0.475. The Morgan fingerprint density at radius 3 is 2.11 bits per heavy atom. The zero-order chi connectivity index (χ0) is 20.1. The number of anilines is 1. The van der Waals surface area contributed by atoms with Crippen molar-refractivity contribution in [3.63, 3.8) is 0 Å². The molecule has 0 saturated carbocycles.